The van der Waals surface area contributed by atoms with E-state index < -0.39 is 0 Å². The minimum atomic E-state index is 0.801. The van der Waals surface area contributed by atoms with E-state index in [9.17, 15) is 0 Å². The molecule has 0 amide bonds. The van der Waals surface area contributed by atoms with Crippen molar-refractivity contribution in [1.82, 2.24) is 4.90 Å². The molecule has 1 fully saturated rings. The van der Waals surface area contributed by atoms with Crippen LogP contribution < -0.4 is 5.73 Å². The molecule has 0 bridgehead atoms. The summed E-state index contributed by atoms with van der Waals surface area (Å²) in [4.78, 5) is 2.45. The van der Waals surface area contributed by atoms with E-state index in [1.54, 1.807) is 0 Å². The van der Waals surface area contributed by atoms with Gasteiger partial charge >= 0.3 is 0 Å². The Labute approximate surface area is 69.8 Å². The van der Waals surface area contributed by atoms with Crippen LogP contribution in [0.1, 0.15) is 20.3 Å². The third-order valence-electron chi connectivity index (χ3n) is 2.66. The van der Waals surface area contributed by atoms with Gasteiger partial charge in [0.2, 0.25) is 0 Å². The fourth-order valence-electron chi connectivity index (χ4n) is 1.55. The zero-order valence-electron chi connectivity index (χ0n) is 7.71. The van der Waals surface area contributed by atoms with Gasteiger partial charge in [0.15, 0.2) is 0 Å². The van der Waals surface area contributed by atoms with Gasteiger partial charge in [-0.1, -0.05) is 13.8 Å². The van der Waals surface area contributed by atoms with E-state index in [4.69, 9.17) is 5.73 Å². The van der Waals surface area contributed by atoms with Crippen molar-refractivity contribution in [2.75, 3.05) is 26.2 Å². The lowest BCUT2D eigenvalue weighted by Gasteiger charge is -2.18. The number of nitrogens with zero attached hydrogens (tertiary/aromatic N) is 1. The van der Waals surface area contributed by atoms with Crippen LogP contribution >= 0.6 is 0 Å². The minimum Gasteiger partial charge on any atom is -0.329 e. The highest BCUT2D eigenvalue weighted by atomic mass is 15.1. The molecule has 1 aliphatic rings. The fraction of sp³-hybridized carbons (Fsp3) is 1.00. The number of hydrogen-bond acceptors (Lipinski definition) is 2. The van der Waals surface area contributed by atoms with Crippen molar-refractivity contribution in [3.63, 3.8) is 0 Å². The van der Waals surface area contributed by atoms with Crippen molar-refractivity contribution in [3.8, 4) is 0 Å². The van der Waals surface area contributed by atoms with Crippen LogP contribution in [0.25, 0.3) is 0 Å². The van der Waals surface area contributed by atoms with Crippen LogP contribution in [-0.4, -0.2) is 31.1 Å². The topological polar surface area (TPSA) is 29.3 Å². The predicted octanol–water partition coefficient (Wildman–Crippen LogP) is 0.923. The van der Waals surface area contributed by atoms with Crippen molar-refractivity contribution in [2.45, 2.75) is 20.3 Å². The van der Waals surface area contributed by atoms with Gasteiger partial charge in [-0.15, -0.1) is 0 Å². The highest BCUT2D eigenvalue weighted by molar-refractivity contribution is 4.84. The fourth-order valence-corrected chi connectivity index (χ4v) is 1.55. The maximum atomic E-state index is 5.49. The van der Waals surface area contributed by atoms with E-state index in [-0.39, 0.29) is 0 Å². The molecule has 66 valence electrons. The van der Waals surface area contributed by atoms with Crippen molar-refractivity contribution in [2.24, 2.45) is 17.6 Å². The van der Waals surface area contributed by atoms with Gasteiger partial charge < -0.3 is 10.6 Å². The van der Waals surface area contributed by atoms with Gasteiger partial charge in [0, 0.05) is 19.6 Å². The lowest BCUT2D eigenvalue weighted by atomic mass is 10.3. The summed E-state index contributed by atoms with van der Waals surface area (Å²) in [7, 11) is 0. The smallest absolute Gasteiger partial charge is 0.0105 e. The molecule has 0 saturated heterocycles. The predicted molar refractivity (Wildman–Crippen MR) is 48.4 cm³/mol. The Morgan fingerprint density at radius 2 is 2.18 bits per heavy atom. The lowest BCUT2D eigenvalue weighted by molar-refractivity contribution is 0.280. The molecule has 1 aliphatic carbocycles. The molecule has 2 heteroatoms. The molecule has 11 heavy (non-hydrogen) atoms. The van der Waals surface area contributed by atoms with Crippen molar-refractivity contribution >= 4 is 0 Å². The largest absolute Gasteiger partial charge is 0.329 e. The molecule has 0 aromatic rings. The normalized spacial score (nSPS) is 29.5. The molecule has 2 atom stereocenters. The first-order valence-electron chi connectivity index (χ1n) is 4.70. The van der Waals surface area contributed by atoms with Crippen LogP contribution in [0.4, 0.5) is 0 Å². The summed E-state index contributed by atoms with van der Waals surface area (Å²) in [6.07, 6.45) is 1.43. The molecule has 2 unspecified atom stereocenters. The molecule has 0 aliphatic heterocycles. The Bertz CT molecular complexity index is 114. The van der Waals surface area contributed by atoms with Gasteiger partial charge in [-0.2, -0.15) is 0 Å². The summed E-state index contributed by atoms with van der Waals surface area (Å²) in [5.41, 5.74) is 5.49. The molecule has 2 nitrogen and oxygen atoms in total. The van der Waals surface area contributed by atoms with Gasteiger partial charge in [-0.25, -0.2) is 0 Å². The molecule has 0 spiro atoms. The maximum Gasteiger partial charge on any atom is 0.0105 e. The molecule has 2 N–H and O–H groups in total. The summed E-state index contributed by atoms with van der Waals surface area (Å²) in [6.45, 7) is 8.84. The van der Waals surface area contributed by atoms with E-state index in [0.717, 1.165) is 31.5 Å². The van der Waals surface area contributed by atoms with E-state index in [0.29, 0.717) is 0 Å². The zero-order valence-corrected chi connectivity index (χ0v) is 7.71. The highest BCUT2D eigenvalue weighted by Gasteiger charge is 2.33. The van der Waals surface area contributed by atoms with E-state index in [1.807, 2.05) is 0 Å². The van der Waals surface area contributed by atoms with Crippen molar-refractivity contribution in [3.05, 3.63) is 0 Å². The molecule has 0 aromatic heterocycles. The Balaban J connectivity index is 2.10. The molecule has 1 rings (SSSR count). The van der Waals surface area contributed by atoms with Gasteiger partial charge in [-0.3, -0.25) is 0 Å². The highest BCUT2D eigenvalue weighted by Crippen LogP contribution is 2.37. The third-order valence-corrected chi connectivity index (χ3v) is 2.66. The molecule has 0 radical (unpaired) electrons. The van der Waals surface area contributed by atoms with Crippen LogP contribution in [0.15, 0.2) is 0 Å². The van der Waals surface area contributed by atoms with Crippen molar-refractivity contribution < 1.29 is 0 Å². The molecular weight excluding hydrogens is 136 g/mol. The quantitative estimate of drug-likeness (QED) is 0.641. The first-order chi connectivity index (χ1) is 5.27. The lowest BCUT2D eigenvalue weighted by Crippen LogP contribution is -2.31. The first kappa shape index (κ1) is 9.01. The van der Waals surface area contributed by atoms with Crippen LogP contribution in [0.5, 0.6) is 0 Å². The second-order valence-electron chi connectivity index (χ2n) is 3.65. The van der Waals surface area contributed by atoms with Crippen molar-refractivity contribution in [1.29, 1.82) is 0 Å². The Hall–Kier alpha value is -0.0800. The SMILES string of the molecule is CCN(CCN)CC1CC1C. The van der Waals surface area contributed by atoms with Gasteiger partial charge in [0.1, 0.15) is 0 Å². The molecule has 0 aromatic carbocycles. The Kier molecular flexibility index (Phi) is 3.34. The summed E-state index contributed by atoms with van der Waals surface area (Å²) < 4.78 is 0. The second kappa shape index (κ2) is 4.07. The Morgan fingerprint density at radius 1 is 1.55 bits per heavy atom. The van der Waals surface area contributed by atoms with E-state index in [1.165, 1.54) is 13.0 Å². The number of likely N-dealkylation sites (N-methyl/N-ethyl adjacent to an activating group) is 1. The third kappa shape index (κ3) is 2.80. The van der Waals surface area contributed by atoms with Crippen LogP contribution in [0.3, 0.4) is 0 Å². The minimum absolute atomic E-state index is 0.801. The van der Waals surface area contributed by atoms with Gasteiger partial charge in [0.05, 0.1) is 0 Å². The van der Waals surface area contributed by atoms with E-state index in [2.05, 4.69) is 18.7 Å². The number of hydrogen-bond donors (Lipinski definition) is 1. The summed E-state index contributed by atoms with van der Waals surface area (Å²) >= 11 is 0. The van der Waals surface area contributed by atoms with E-state index >= 15 is 0 Å². The van der Waals surface area contributed by atoms with Crippen LogP contribution in [0, 0.1) is 11.8 Å². The van der Waals surface area contributed by atoms with Gasteiger partial charge in [0.25, 0.3) is 0 Å². The molecular formula is C9H20N2. The van der Waals surface area contributed by atoms with Crippen LogP contribution in [-0.2, 0) is 0 Å². The molecule has 1 saturated carbocycles. The standard InChI is InChI=1S/C9H20N2/c1-3-11(5-4-10)7-9-6-8(9)2/h8-9H,3-7,10H2,1-2H3. The maximum absolute atomic E-state index is 5.49. The molecule has 0 heterocycles. The summed E-state index contributed by atoms with van der Waals surface area (Å²) in [6, 6.07) is 0. The summed E-state index contributed by atoms with van der Waals surface area (Å²) in [5, 5.41) is 0. The average Bonchev–Trinajstić information content (AvgIpc) is 2.66. The summed E-state index contributed by atoms with van der Waals surface area (Å²) in [5.74, 6) is 1.95. The Morgan fingerprint density at radius 3 is 2.55 bits per heavy atom. The van der Waals surface area contributed by atoms with Gasteiger partial charge in [-0.05, 0) is 24.8 Å². The number of rotatable bonds is 5. The monoisotopic (exact) mass is 156 g/mol. The average molecular weight is 156 g/mol. The first-order valence-corrected chi connectivity index (χ1v) is 4.70. The zero-order chi connectivity index (χ0) is 8.27. The van der Waals surface area contributed by atoms with Crippen LogP contribution in [0.2, 0.25) is 0 Å². The second-order valence-corrected chi connectivity index (χ2v) is 3.65. The number of nitrogens with two attached hydrogens (primary N) is 1.